The Hall–Kier alpha value is -3.50. The molecular formula is C21H23N5O4S. The number of anilines is 1. The van der Waals surface area contributed by atoms with Crippen LogP contribution >= 0.6 is 0 Å². The Balaban J connectivity index is 1.54. The number of hydrogen-bond donors (Lipinski definition) is 3. The Morgan fingerprint density at radius 2 is 1.87 bits per heavy atom. The van der Waals surface area contributed by atoms with Crippen LogP contribution in [-0.4, -0.2) is 36.8 Å². The predicted molar refractivity (Wildman–Crippen MR) is 116 cm³/mol. The van der Waals surface area contributed by atoms with E-state index in [-0.39, 0.29) is 29.7 Å². The summed E-state index contributed by atoms with van der Waals surface area (Å²) in [7, 11) is -2.15. The van der Waals surface area contributed by atoms with E-state index in [4.69, 9.17) is 0 Å². The summed E-state index contributed by atoms with van der Waals surface area (Å²) in [4.78, 5) is 28.7. The molecular weight excluding hydrogens is 418 g/mol. The Kier molecular flexibility index (Phi) is 7.16. The van der Waals surface area contributed by atoms with Crippen LogP contribution in [0.25, 0.3) is 0 Å². The first kappa shape index (κ1) is 22.2. The number of carbonyl (C=O) groups is 2. The number of carbonyl (C=O) groups excluding carboxylic acids is 2. The Morgan fingerprint density at radius 1 is 1.10 bits per heavy atom. The molecule has 31 heavy (non-hydrogen) atoms. The molecule has 3 N–H and O–H groups in total. The average Bonchev–Trinajstić information content (AvgIpc) is 3.30. The predicted octanol–water partition coefficient (Wildman–Crippen LogP) is 1.75. The van der Waals surface area contributed by atoms with Crippen molar-refractivity contribution in [1.82, 2.24) is 19.6 Å². The summed E-state index contributed by atoms with van der Waals surface area (Å²) in [5.41, 5.74) is 1.69. The van der Waals surface area contributed by atoms with Gasteiger partial charge in [0.15, 0.2) is 0 Å². The fraction of sp³-hybridized carbons (Fsp3) is 0.190. The smallest absolute Gasteiger partial charge is 0.251 e. The molecule has 0 atom stereocenters. The van der Waals surface area contributed by atoms with Gasteiger partial charge in [-0.1, -0.05) is 18.2 Å². The van der Waals surface area contributed by atoms with Crippen molar-refractivity contribution in [3.8, 4) is 0 Å². The van der Waals surface area contributed by atoms with Crippen molar-refractivity contribution in [3.05, 3.63) is 78.4 Å². The van der Waals surface area contributed by atoms with Gasteiger partial charge in [-0.25, -0.2) is 18.1 Å². The molecule has 0 aliphatic carbocycles. The molecule has 10 heteroatoms. The molecule has 0 fully saturated rings. The second-order valence-electron chi connectivity index (χ2n) is 6.71. The number of sulfonamides is 1. The van der Waals surface area contributed by atoms with Gasteiger partial charge in [-0.15, -0.1) is 0 Å². The second-order valence-corrected chi connectivity index (χ2v) is 8.60. The molecule has 3 aromatic rings. The summed E-state index contributed by atoms with van der Waals surface area (Å²) in [6.07, 6.45) is 5.36. The minimum atomic E-state index is -3.50. The van der Waals surface area contributed by atoms with Crippen molar-refractivity contribution in [2.24, 2.45) is 0 Å². The van der Waals surface area contributed by atoms with Gasteiger partial charge in [0.1, 0.15) is 0 Å². The Morgan fingerprint density at radius 3 is 2.55 bits per heavy atom. The quantitative estimate of drug-likeness (QED) is 0.467. The highest BCUT2D eigenvalue weighted by Gasteiger charge is 2.11. The maximum absolute atomic E-state index is 12.5. The minimum absolute atomic E-state index is 0.154. The molecule has 1 aromatic heterocycles. The van der Waals surface area contributed by atoms with E-state index >= 15 is 0 Å². The third-order valence-electron chi connectivity index (χ3n) is 4.52. The number of aromatic nitrogens is 2. The van der Waals surface area contributed by atoms with Gasteiger partial charge in [-0.2, -0.15) is 0 Å². The fourth-order valence-electron chi connectivity index (χ4n) is 2.80. The van der Waals surface area contributed by atoms with E-state index in [2.05, 4.69) is 20.3 Å². The summed E-state index contributed by atoms with van der Waals surface area (Å²) >= 11 is 0. The molecule has 1 heterocycles. The van der Waals surface area contributed by atoms with Gasteiger partial charge >= 0.3 is 0 Å². The molecule has 0 spiro atoms. The van der Waals surface area contributed by atoms with Gasteiger partial charge in [0.05, 0.1) is 11.2 Å². The molecule has 2 amide bonds. The van der Waals surface area contributed by atoms with E-state index in [1.54, 1.807) is 55.1 Å². The maximum atomic E-state index is 12.5. The van der Waals surface area contributed by atoms with Crippen molar-refractivity contribution in [3.63, 3.8) is 0 Å². The lowest BCUT2D eigenvalue weighted by atomic mass is 10.1. The van der Waals surface area contributed by atoms with Crippen molar-refractivity contribution in [1.29, 1.82) is 0 Å². The van der Waals surface area contributed by atoms with Crippen LogP contribution in [0, 0.1) is 0 Å². The van der Waals surface area contributed by atoms with Crippen LogP contribution in [0.2, 0.25) is 0 Å². The van der Waals surface area contributed by atoms with Gasteiger partial charge in [-0.3, -0.25) is 9.59 Å². The van der Waals surface area contributed by atoms with E-state index in [9.17, 15) is 18.0 Å². The Labute approximate surface area is 180 Å². The second kappa shape index (κ2) is 10.0. The number of hydrogen-bond acceptors (Lipinski definition) is 5. The van der Waals surface area contributed by atoms with Crippen molar-refractivity contribution >= 4 is 27.5 Å². The highest BCUT2D eigenvalue weighted by atomic mass is 32.2. The maximum Gasteiger partial charge on any atom is 0.251 e. The molecule has 0 bridgehead atoms. The molecule has 0 aliphatic rings. The zero-order valence-corrected chi connectivity index (χ0v) is 17.7. The molecule has 0 aliphatic heterocycles. The molecule has 3 rings (SSSR count). The van der Waals surface area contributed by atoms with Crippen LogP contribution in [-0.2, 0) is 27.9 Å². The zero-order valence-electron chi connectivity index (χ0n) is 16.9. The van der Waals surface area contributed by atoms with E-state index in [1.165, 1.54) is 19.2 Å². The highest BCUT2D eigenvalue weighted by Crippen LogP contribution is 2.13. The first-order valence-corrected chi connectivity index (χ1v) is 11.0. The zero-order chi connectivity index (χ0) is 22.3. The molecule has 0 saturated heterocycles. The Bertz CT molecular complexity index is 1140. The van der Waals surface area contributed by atoms with Crippen LogP contribution in [0.4, 0.5) is 5.69 Å². The minimum Gasteiger partial charge on any atom is -0.348 e. The van der Waals surface area contributed by atoms with Crippen LogP contribution in [0.15, 0.2) is 72.1 Å². The molecule has 0 unspecified atom stereocenters. The van der Waals surface area contributed by atoms with Crippen LogP contribution in [0.3, 0.4) is 0 Å². The first-order valence-electron chi connectivity index (χ1n) is 9.54. The molecule has 2 aromatic carbocycles. The highest BCUT2D eigenvalue weighted by molar-refractivity contribution is 7.89. The first-order chi connectivity index (χ1) is 14.9. The normalized spacial score (nSPS) is 11.1. The number of rotatable bonds is 9. The summed E-state index contributed by atoms with van der Waals surface area (Å²) in [6.45, 7) is 0.751. The van der Waals surface area contributed by atoms with Crippen molar-refractivity contribution < 1.29 is 18.0 Å². The van der Waals surface area contributed by atoms with Crippen molar-refractivity contribution in [2.45, 2.75) is 24.4 Å². The number of amides is 2. The lowest BCUT2D eigenvalue weighted by molar-refractivity contribution is -0.116. The topological polar surface area (TPSA) is 122 Å². The molecule has 9 nitrogen and oxygen atoms in total. The number of imidazole rings is 1. The summed E-state index contributed by atoms with van der Waals surface area (Å²) in [5.74, 6) is -0.468. The van der Waals surface area contributed by atoms with Crippen LogP contribution in [0.5, 0.6) is 0 Å². The van der Waals surface area contributed by atoms with Gasteiger partial charge in [-0.05, 0) is 42.9 Å². The number of aryl methyl sites for hydroxylation is 1. The lowest BCUT2D eigenvalue weighted by Crippen LogP contribution is -2.23. The third-order valence-corrected chi connectivity index (χ3v) is 5.95. The molecule has 0 radical (unpaired) electrons. The van der Waals surface area contributed by atoms with E-state index in [0.29, 0.717) is 17.8 Å². The summed E-state index contributed by atoms with van der Waals surface area (Å²) < 4.78 is 27.6. The van der Waals surface area contributed by atoms with Crippen LogP contribution in [0.1, 0.15) is 22.3 Å². The molecule has 0 saturated carbocycles. The van der Waals surface area contributed by atoms with Gasteiger partial charge in [0.2, 0.25) is 15.9 Å². The third kappa shape index (κ3) is 6.24. The van der Waals surface area contributed by atoms with Gasteiger partial charge in [0, 0.05) is 43.2 Å². The standard InChI is InChI=1S/C21H23N5O4S/c1-22-31(29,30)19-7-5-16(6-8-19)14-24-21(28)17-3-2-4-18(13-17)25-20(27)9-11-26-12-10-23-15-26/h2-8,10,12-13,15,22H,9,11,14H2,1H3,(H,24,28)(H,25,27). The fourth-order valence-corrected chi connectivity index (χ4v) is 3.53. The molecule has 162 valence electrons. The number of nitrogens with zero attached hydrogens (tertiary/aromatic N) is 2. The van der Waals surface area contributed by atoms with Gasteiger partial charge < -0.3 is 15.2 Å². The number of benzene rings is 2. The van der Waals surface area contributed by atoms with Crippen LogP contribution < -0.4 is 15.4 Å². The van der Waals surface area contributed by atoms with E-state index in [1.807, 2.05) is 4.57 Å². The summed E-state index contributed by atoms with van der Waals surface area (Å²) in [5, 5.41) is 5.57. The average molecular weight is 442 g/mol. The van der Waals surface area contributed by atoms with E-state index < -0.39 is 10.0 Å². The van der Waals surface area contributed by atoms with Gasteiger partial charge in [0.25, 0.3) is 5.91 Å². The monoisotopic (exact) mass is 441 g/mol. The van der Waals surface area contributed by atoms with E-state index in [0.717, 1.165) is 5.56 Å². The summed E-state index contributed by atoms with van der Waals surface area (Å²) in [6, 6.07) is 12.9. The lowest BCUT2D eigenvalue weighted by Gasteiger charge is -2.09. The SMILES string of the molecule is CNS(=O)(=O)c1ccc(CNC(=O)c2cccc(NC(=O)CCn3ccnc3)c2)cc1. The number of nitrogens with one attached hydrogen (secondary N) is 3. The largest absolute Gasteiger partial charge is 0.348 e. The van der Waals surface area contributed by atoms with Crippen molar-refractivity contribution in [2.75, 3.05) is 12.4 Å².